The standard InChI is InChI=1S/C19H18Cl2N4O/c1-3-24(12-14-8-4-5-9-15(14)20)19(26)18-22-13(2)25(23-18)17-11-7-6-10-16(17)21/h4-11H,3,12H2,1-2H3. The molecule has 0 aliphatic heterocycles. The molecule has 0 spiro atoms. The minimum Gasteiger partial charge on any atom is -0.332 e. The Bertz CT molecular complexity index is 939. The van der Waals surface area contributed by atoms with E-state index < -0.39 is 0 Å². The van der Waals surface area contributed by atoms with E-state index in [9.17, 15) is 4.79 Å². The lowest BCUT2D eigenvalue weighted by Crippen LogP contribution is -2.31. The van der Waals surface area contributed by atoms with E-state index in [0.29, 0.717) is 34.6 Å². The first kappa shape index (κ1) is 18.4. The smallest absolute Gasteiger partial charge is 0.293 e. The number of carbonyl (C=O) groups is 1. The zero-order valence-corrected chi connectivity index (χ0v) is 16.0. The van der Waals surface area contributed by atoms with Crippen molar-refractivity contribution >= 4 is 29.1 Å². The molecule has 3 rings (SSSR count). The van der Waals surface area contributed by atoms with Crippen molar-refractivity contribution in [2.45, 2.75) is 20.4 Å². The monoisotopic (exact) mass is 388 g/mol. The highest BCUT2D eigenvalue weighted by Crippen LogP contribution is 2.21. The minimum atomic E-state index is -0.249. The zero-order valence-electron chi connectivity index (χ0n) is 14.5. The Labute approximate surface area is 162 Å². The van der Waals surface area contributed by atoms with E-state index in [0.717, 1.165) is 5.56 Å². The van der Waals surface area contributed by atoms with E-state index in [1.807, 2.05) is 49.4 Å². The molecule has 26 heavy (non-hydrogen) atoms. The summed E-state index contributed by atoms with van der Waals surface area (Å²) < 4.78 is 1.58. The molecule has 0 saturated carbocycles. The molecule has 1 aromatic heterocycles. The van der Waals surface area contributed by atoms with Crippen LogP contribution in [0.5, 0.6) is 0 Å². The van der Waals surface area contributed by atoms with E-state index in [-0.39, 0.29) is 11.7 Å². The van der Waals surface area contributed by atoms with Gasteiger partial charge in [-0.15, -0.1) is 5.10 Å². The number of aromatic nitrogens is 3. The van der Waals surface area contributed by atoms with Gasteiger partial charge >= 0.3 is 0 Å². The number of rotatable bonds is 5. The summed E-state index contributed by atoms with van der Waals surface area (Å²) in [6, 6.07) is 14.8. The SMILES string of the molecule is CCN(Cc1ccccc1Cl)C(=O)c1nc(C)n(-c2ccccc2Cl)n1. The fourth-order valence-electron chi connectivity index (χ4n) is 2.63. The van der Waals surface area contributed by atoms with Gasteiger partial charge in [-0.1, -0.05) is 53.5 Å². The lowest BCUT2D eigenvalue weighted by Gasteiger charge is -2.20. The maximum absolute atomic E-state index is 12.9. The lowest BCUT2D eigenvalue weighted by molar-refractivity contribution is 0.0740. The number of benzene rings is 2. The Kier molecular flexibility index (Phi) is 5.59. The van der Waals surface area contributed by atoms with Crippen LogP contribution in [0.3, 0.4) is 0 Å². The Balaban J connectivity index is 1.88. The summed E-state index contributed by atoms with van der Waals surface area (Å²) in [6.07, 6.45) is 0. The van der Waals surface area contributed by atoms with Gasteiger partial charge in [-0.2, -0.15) is 0 Å². The topological polar surface area (TPSA) is 51.0 Å². The van der Waals surface area contributed by atoms with Crippen LogP contribution in [0.25, 0.3) is 5.69 Å². The fraction of sp³-hybridized carbons (Fsp3) is 0.211. The minimum absolute atomic E-state index is 0.135. The van der Waals surface area contributed by atoms with Crippen molar-refractivity contribution in [3.8, 4) is 5.69 Å². The highest BCUT2D eigenvalue weighted by atomic mass is 35.5. The van der Waals surface area contributed by atoms with Gasteiger partial charge in [0.15, 0.2) is 0 Å². The molecular weight excluding hydrogens is 371 g/mol. The summed E-state index contributed by atoms with van der Waals surface area (Å²) in [5, 5.41) is 5.54. The van der Waals surface area contributed by atoms with Crippen LogP contribution in [-0.4, -0.2) is 32.1 Å². The largest absolute Gasteiger partial charge is 0.332 e. The first-order valence-electron chi connectivity index (χ1n) is 8.22. The molecule has 0 radical (unpaired) electrons. The Morgan fingerprint density at radius 2 is 1.73 bits per heavy atom. The van der Waals surface area contributed by atoms with Crippen molar-refractivity contribution in [3.63, 3.8) is 0 Å². The van der Waals surface area contributed by atoms with Gasteiger partial charge in [-0.05, 0) is 37.6 Å². The summed E-state index contributed by atoms with van der Waals surface area (Å²) in [5.74, 6) is 0.480. The molecule has 0 aliphatic carbocycles. The van der Waals surface area contributed by atoms with Crippen molar-refractivity contribution in [1.82, 2.24) is 19.7 Å². The summed E-state index contributed by atoms with van der Waals surface area (Å²) in [5.41, 5.74) is 1.57. The Hall–Kier alpha value is -2.37. The summed E-state index contributed by atoms with van der Waals surface area (Å²) in [7, 11) is 0. The van der Waals surface area contributed by atoms with Gasteiger partial charge in [0.25, 0.3) is 5.91 Å². The highest BCUT2D eigenvalue weighted by Gasteiger charge is 2.22. The van der Waals surface area contributed by atoms with E-state index in [1.54, 1.807) is 22.6 Å². The van der Waals surface area contributed by atoms with E-state index >= 15 is 0 Å². The van der Waals surface area contributed by atoms with Gasteiger partial charge in [-0.3, -0.25) is 4.79 Å². The average Bonchev–Trinajstić information content (AvgIpc) is 3.02. The number of nitrogens with zero attached hydrogens (tertiary/aromatic N) is 4. The molecule has 7 heteroatoms. The van der Waals surface area contributed by atoms with E-state index in [2.05, 4.69) is 10.1 Å². The molecule has 134 valence electrons. The molecule has 2 aromatic carbocycles. The maximum Gasteiger partial charge on any atom is 0.293 e. The molecule has 0 N–H and O–H groups in total. The third-order valence-electron chi connectivity index (χ3n) is 4.03. The Morgan fingerprint density at radius 1 is 1.08 bits per heavy atom. The van der Waals surface area contributed by atoms with Gasteiger partial charge in [0.05, 0.1) is 10.7 Å². The number of amides is 1. The molecule has 0 saturated heterocycles. The normalized spacial score (nSPS) is 10.8. The zero-order chi connectivity index (χ0) is 18.7. The van der Waals surface area contributed by atoms with Crippen molar-refractivity contribution < 1.29 is 4.79 Å². The first-order valence-corrected chi connectivity index (χ1v) is 8.98. The van der Waals surface area contributed by atoms with Crippen LogP contribution in [-0.2, 0) is 6.54 Å². The van der Waals surface area contributed by atoms with Crippen molar-refractivity contribution in [2.24, 2.45) is 0 Å². The molecule has 3 aromatic rings. The third kappa shape index (κ3) is 3.74. The van der Waals surface area contributed by atoms with Gasteiger partial charge in [0.2, 0.25) is 5.82 Å². The lowest BCUT2D eigenvalue weighted by atomic mass is 10.2. The van der Waals surface area contributed by atoms with Crippen LogP contribution in [0.4, 0.5) is 0 Å². The van der Waals surface area contributed by atoms with Gasteiger partial charge in [0.1, 0.15) is 5.82 Å². The van der Waals surface area contributed by atoms with Crippen molar-refractivity contribution in [3.05, 3.63) is 75.8 Å². The van der Waals surface area contributed by atoms with Gasteiger partial charge < -0.3 is 4.90 Å². The quantitative estimate of drug-likeness (QED) is 0.644. The van der Waals surface area contributed by atoms with Gasteiger partial charge in [-0.25, -0.2) is 9.67 Å². The second-order valence-electron chi connectivity index (χ2n) is 5.76. The molecule has 0 unspecified atom stereocenters. The highest BCUT2D eigenvalue weighted by molar-refractivity contribution is 6.32. The van der Waals surface area contributed by atoms with Crippen molar-refractivity contribution in [2.75, 3.05) is 6.54 Å². The molecule has 0 fully saturated rings. The van der Waals surface area contributed by atoms with Crippen LogP contribution >= 0.6 is 23.2 Å². The molecule has 0 aliphatic rings. The van der Waals surface area contributed by atoms with Crippen LogP contribution in [0, 0.1) is 6.92 Å². The summed E-state index contributed by atoms with van der Waals surface area (Å²) in [6.45, 7) is 4.61. The number of hydrogen-bond acceptors (Lipinski definition) is 3. The molecule has 1 amide bonds. The number of halogens is 2. The predicted octanol–water partition coefficient (Wildman–Crippen LogP) is 4.54. The number of carbonyl (C=O) groups excluding carboxylic acids is 1. The second kappa shape index (κ2) is 7.89. The molecule has 0 atom stereocenters. The maximum atomic E-state index is 12.9. The fourth-order valence-corrected chi connectivity index (χ4v) is 3.04. The predicted molar refractivity (Wildman–Crippen MR) is 103 cm³/mol. The third-order valence-corrected chi connectivity index (χ3v) is 4.72. The summed E-state index contributed by atoms with van der Waals surface area (Å²) >= 11 is 12.5. The van der Waals surface area contributed by atoms with E-state index in [4.69, 9.17) is 23.2 Å². The van der Waals surface area contributed by atoms with Crippen molar-refractivity contribution in [1.29, 1.82) is 0 Å². The first-order chi connectivity index (χ1) is 12.5. The Morgan fingerprint density at radius 3 is 2.38 bits per heavy atom. The van der Waals surface area contributed by atoms with Crippen LogP contribution in [0.2, 0.25) is 10.0 Å². The summed E-state index contributed by atoms with van der Waals surface area (Å²) in [4.78, 5) is 18.9. The number of aryl methyl sites for hydroxylation is 1. The number of hydrogen-bond donors (Lipinski definition) is 0. The van der Waals surface area contributed by atoms with Crippen LogP contribution in [0.1, 0.15) is 28.9 Å². The molecule has 0 bridgehead atoms. The number of para-hydroxylation sites is 1. The molecule has 5 nitrogen and oxygen atoms in total. The molecular formula is C19H18Cl2N4O. The van der Waals surface area contributed by atoms with E-state index in [1.165, 1.54) is 0 Å². The van der Waals surface area contributed by atoms with Crippen LogP contribution < -0.4 is 0 Å². The average molecular weight is 389 g/mol. The van der Waals surface area contributed by atoms with Gasteiger partial charge in [0, 0.05) is 18.1 Å². The molecule has 1 heterocycles. The second-order valence-corrected chi connectivity index (χ2v) is 6.57. The van der Waals surface area contributed by atoms with Crippen LogP contribution in [0.15, 0.2) is 48.5 Å².